The first kappa shape index (κ1) is 19.3. The molecule has 152 valence electrons. The number of hydrogen-bond acceptors (Lipinski definition) is 2. The van der Waals surface area contributed by atoms with Crippen LogP contribution in [0, 0.1) is 6.92 Å². The Hall–Kier alpha value is -3.63. The summed E-state index contributed by atoms with van der Waals surface area (Å²) in [5.74, 6) is 0.568. The number of benzene rings is 3. The van der Waals surface area contributed by atoms with Gasteiger partial charge in [-0.1, -0.05) is 41.9 Å². The number of para-hydroxylation sites is 2. The number of aryl methyl sites for hydroxylation is 1. The van der Waals surface area contributed by atoms with Crippen molar-refractivity contribution >= 4 is 45.6 Å². The SMILES string of the molecule is Cc1c(/C=C/c2nc3ccccc3c(=O)n2-c2ccc(Cl)cc2)c2ccccc2n1C. The van der Waals surface area contributed by atoms with Crippen LogP contribution in [0.1, 0.15) is 17.1 Å². The van der Waals surface area contributed by atoms with Gasteiger partial charge in [-0.15, -0.1) is 0 Å². The minimum absolute atomic E-state index is 0.109. The van der Waals surface area contributed by atoms with Gasteiger partial charge in [-0.2, -0.15) is 0 Å². The first-order valence-electron chi connectivity index (χ1n) is 10.0. The van der Waals surface area contributed by atoms with Crippen molar-refractivity contribution in [3.63, 3.8) is 0 Å². The summed E-state index contributed by atoms with van der Waals surface area (Å²) in [5, 5.41) is 2.37. The lowest BCUT2D eigenvalue weighted by molar-refractivity contribution is 0.916. The quantitative estimate of drug-likeness (QED) is 0.355. The second-order valence-corrected chi connectivity index (χ2v) is 7.95. The van der Waals surface area contributed by atoms with E-state index in [1.165, 1.54) is 10.9 Å². The number of nitrogens with zero attached hydrogens (tertiary/aromatic N) is 3. The van der Waals surface area contributed by atoms with Crippen molar-refractivity contribution in [3.05, 3.63) is 105 Å². The van der Waals surface area contributed by atoms with Crippen LogP contribution in [0.4, 0.5) is 0 Å². The van der Waals surface area contributed by atoms with Crippen molar-refractivity contribution in [2.24, 2.45) is 7.05 Å². The predicted molar refractivity (Wildman–Crippen MR) is 129 cm³/mol. The van der Waals surface area contributed by atoms with Crippen LogP contribution < -0.4 is 5.56 Å². The Morgan fingerprint density at radius 2 is 1.55 bits per heavy atom. The second kappa shape index (κ2) is 7.56. The van der Waals surface area contributed by atoms with Crippen LogP contribution in [0.3, 0.4) is 0 Å². The molecule has 0 amide bonds. The smallest absolute Gasteiger partial charge is 0.266 e. The predicted octanol–water partition coefficient (Wildman–Crippen LogP) is 6.01. The van der Waals surface area contributed by atoms with Gasteiger partial charge < -0.3 is 4.57 Å². The molecule has 0 aliphatic heterocycles. The van der Waals surface area contributed by atoms with E-state index in [-0.39, 0.29) is 5.56 Å². The molecule has 0 unspecified atom stereocenters. The summed E-state index contributed by atoms with van der Waals surface area (Å²) in [6.45, 7) is 2.10. The summed E-state index contributed by atoms with van der Waals surface area (Å²) >= 11 is 6.07. The largest absolute Gasteiger partial charge is 0.347 e. The highest BCUT2D eigenvalue weighted by molar-refractivity contribution is 6.30. The maximum absolute atomic E-state index is 13.4. The highest BCUT2D eigenvalue weighted by Gasteiger charge is 2.13. The molecule has 0 saturated carbocycles. The van der Waals surface area contributed by atoms with Crippen molar-refractivity contribution in [3.8, 4) is 5.69 Å². The van der Waals surface area contributed by atoms with Gasteiger partial charge in [-0.05, 0) is 61.5 Å². The van der Waals surface area contributed by atoms with Crippen molar-refractivity contribution in [2.45, 2.75) is 6.92 Å². The summed E-state index contributed by atoms with van der Waals surface area (Å²) in [6, 6.07) is 22.9. The molecule has 0 bridgehead atoms. The van der Waals surface area contributed by atoms with E-state index in [1.54, 1.807) is 22.8 Å². The van der Waals surface area contributed by atoms with Crippen molar-refractivity contribution in [1.29, 1.82) is 0 Å². The van der Waals surface area contributed by atoms with Crippen LogP contribution >= 0.6 is 11.6 Å². The zero-order valence-corrected chi connectivity index (χ0v) is 18.0. The van der Waals surface area contributed by atoms with Gasteiger partial charge in [0.15, 0.2) is 0 Å². The molecule has 2 aromatic heterocycles. The molecular formula is C26H20ClN3O. The average molecular weight is 426 g/mol. The van der Waals surface area contributed by atoms with Gasteiger partial charge in [0, 0.05) is 34.2 Å². The maximum Gasteiger partial charge on any atom is 0.266 e. The standard InChI is InChI=1S/C26H20ClN3O/c1-17-20(21-7-4-6-10-24(21)29(17)2)15-16-25-28-23-9-5-3-8-22(23)26(31)30(25)19-13-11-18(27)12-14-19/h3-16H,1-2H3/b16-15+. The van der Waals surface area contributed by atoms with Crippen molar-refractivity contribution in [2.75, 3.05) is 0 Å². The van der Waals surface area contributed by atoms with E-state index < -0.39 is 0 Å². The third-order valence-electron chi connectivity index (χ3n) is 5.73. The summed E-state index contributed by atoms with van der Waals surface area (Å²) < 4.78 is 3.81. The lowest BCUT2D eigenvalue weighted by atomic mass is 10.1. The van der Waals surface area contributed by atoms with Gasteiger partial charge in [0.1, 0.15) is 5.82 Å². The Morgan fingerprint density at radius 3 is 2.32 bits per heavy atom. The summed E-state index contributed by atoms with van der Waals surface area (Å²) in [6.07, 6.45) is 3.96. The molecule has 0 fully saturated rings. The molecule has 3 aromatic carbocycles. The molecular weight excluding hydrogens is 406 g/mol. The number of rotatable bonds is 3. The van der Waals surface area contributed by atoms with Crippen molar-refractivity contribution in [1.82, 2.24) is 14.1 Å². The highest BCUT2D eigenvalue weighted by atomic mass is 35.5. The molecule has 4 nitrogen and oxygen atoms in total. The average Bonchev–Trinajstić information content (AvgIpc) is 3.03. The first-order chi connectivity index (χ1) is 15.0. The third kappa shape index (κ3) is 3.25. The molecule has 0 spiro atoms. The molecule has 0 radical (unpaired) electrons. The van der Waals surface area contributed by atoms with Gasteiger partial charge in [-0.3, -0.25) is 9.36 Å². The Labute approximate surface area is 184 Å². The Morgan fingerprint density at radius 1 is 0.871 bits per heavy atom. The van der Waals surface area contributed by atoms with Gasteiger partial charge in [0.25, 0.3) is 5.56 Å². The van der Waals surface area contributed by atoms with Crippen molar-refractivity contribution < 1.29 is 0 Å². The van der Waals surface area contributed by atoms with E-state index >= 15 is 0 Å². The Balaban J connectivity index is 1.75. The molecule has 0 atom stereocenters. The van der Waals surface area contributed by atoms with Crippen LogP contribution in [-0.2, 0) is 7.05 Å². The van der Waals surface area contributed by atoms with Crippen LogP contribution in [0.2, 0.25) is 5.02 Å². The lowest BCUT2D eigenvalue weighted by Crippen LogP contribution is -2.22. The molecule has 2 heterocycles. The fourth-order valence-corrected chi connectivity index (χ4v) is 4.15. The fraction of sp³-hybridized carbons (Fsp3) is 0.0769. The minimum atomic E-state index is -0.109. The highest BCUT2D eigenvalue weighted by Crippen LogP contribution is 2.27. The number of hydrogen-bond donors (Lipinski definition) is 0. The molecule has 5 aromatic rings. The fourth-order valence-electron chi connectivity index (χ4n) is 4.02. The van der Waals surface area contributed by atoms with E-state index in [4.69, 9.17) is 16.6 Å². The Bertz CT molecular complexity index is 1520. The first-order valence-corrected chi connectivity index (χ1v) is 10.4. The molecule has 0 N–H and O–H groups in total. The molecule has 0 aliphatic carbocycles. The summed E-state index contributed by atoms with van der Waals surface area (Å²) in [4.78, 5) is 18.2. The van der Waals surface area contributed by atoms with E-state index in [0.717, 1.165) is 16.9 Å². The third-order valence-corrected chi connectivity index (χ3v) is 5.99. The zero-order valence-electron chi connectivity index (χ0n) is 17.2. The summed E-state index contributed by atoms with van der Waals surface area (Å²) in [5.41, 5.74) is 4.72. The van der Waals surface area contributed by atoms with Gasteiger partial charge >= 0.3 is 0 Å². The monoisotopic (exact) mass is 425 g/mol. The van der Waals surface area contributed by atoms with Crippen LogP contribution in [0.5, 0.6) is 0 Å². The van der Waals surface area contributed by atoms with Crippen LogP contribution in [-0.4, -0.2) is 14.1 Å². The number of aromatic nitrogens is 3. The maximum atomic E-state index is 13.4. The van der Waals surface area contributed by atoms with Crippen LogP contribution in [0.25, 0.3) is 39.6 Å². The number of fused-ring (bicyclic) bond motifs is 2. The zero-order chi connectivity index (χ0) is 21.5. The molecule has 31 heavy (non-hydrogen) atoms. The lowest BCUT2D eigenvalue weighted by Gasteiger charge is -2.11. The number of halogens is 1. The molecule has 5 rings (SSSR count). The van der Waals surface area contributed by atoms with Gasteiger partial charge in [0.2, 0.25) is 0 Å². The molecule has 5 heteroatoms. The van der Waals surface area contributed by atoms with Gasteiger partial charge in [0.05, 0.1) is 16.6 Å². The molecule has 0 saturated heterocycles. The summed E-state index contributed by atoms with van der Waals surface area (Å²) in [7, 11) is 2.06. The normalized spacial score (nSPS) is 11.7. The second-order valence-electron chi connectivity index (χ2n) is 7.51. The van der Waals surface area contributed by atoms with Crippen LogP contribution in [0.15, 0.2) is 77.6 Å². The Kier molecular flexibility index (Phi) is 4.72. The van der Waals surface area contributed by atoms with Gasteiger partial charge in [-0.25, -0.2) is 4.98 Å². The van der Waals surface area contributed by atoms with E-state index in [9.17, 15) is 4.79 Å². The minimum Gasteiger partial charge on any atom is -0.347 e. The van der Waals surface area contributed by atoms with E-state index in [0.29, 0.717) is 21.7 Å². The van der Waals surface area contributed by atoms with E-state index in [2.05, 4.69) is 30.7 Å². The van der Waals surface area contributed by atoms with E-state index in [1.807, 2.05) is 54.6 Å². The topological polar surface area (TPSA) is 39.8 Å². The molecule has 0 aliphatic rings.